The van der Waals surface area contributed by atoms with Crippen LogP contribution in [0.1, 0.15) is 50.9 Å². The van der Waals surface area contributed by atoms with Gasteiger partial charge < -0.3 is 9.47 Å². The summed E-state index contributed by atoms with van der Waals surface area (Å²) in [5.74, 6) is -0.364. The molecule has 0 bridgehead atoms. The quantitative estimate of drug-likeness (QED) is 0.692. The van der Waals surface area contributed by atoms with Crippen LogP contribution in [0.25, 0.3) is 0 Å². The van der Waals surface area contributed by atoms with Gasteiger partial charge in [0.05, 0.1) is 13.2 Å². The van der Waals surface area contributed by atoms with Gasteiger partial charge in [-0.05, 0) is 48.6 Å². The zero-order valence-corrected chi connectivity index (χ0v) is 14.5. The second-order valence-electron chi connectivity index (χ2n) is 7.89. The van der Waals surface area contributed by atoms with Crippen molar-refractivity contribution in [2.24, 2.45) is 29.6 Å². The molecule has 2 saturated carbocycles. The fourth-order valence-corrected chi connectivity index (χ4v) is 5.04. The molecular formula is C20H25F3O2. The first-order valence-corrected chi connectivity index (χ1v) is 9.46. The lowest BCUT2D eigenvalue weighted by molar-refractivity contribution is -0.209. The summed E-state index contributed by atoms with van der Waals surface area (Å²) in [6.07, 6.45) is 5.75. The molecule has 25 heavy (non-hydrogen) atoms. The molecule has 1 aromatic rings. The van der Waals surface area contributed by atoms with Gasteiger partial charge in [-0.1, -0.05) is 26.2 Å². The molecule has 5 heteroatoms. The van der Waals surface area contributed by atoms with Crippen LogP contribution in [0.4, 0.5) is 13.2 Å². The number of ether oxygens (including phenoxy) is 2. The molecule has 1 heterocycles. The Balaban J connectivity index is 1.34. The molecule has 0 radical (unpaired) electrons. The van der Waals surface area contributed by atoms with Crippen molar-refractivity contribution in [3.8, 4) is 0 Å². The number of halogens is 3. The first kappa shape index (κ1) is 17.3. The van der Waals surface area contributed by atoms with Gasteiger partial charge in [0.1, 0.15) is 0 Å². The fraction of sp³-hybridized carbons (Fsp3) is 0.700. The van der Waals surface area contributed by atoms with E-state index in [0.29, 0.717) is 25.0 Å². The molecule has 0 spiro atoms. The Labute approximate surface area is 146 Å². The van der Waals surface area contributed by atoms with Crippen LogP contribution < -0.4 is 0 Å². The van der Waals surface area contributed by atoms with Crippen LogP contribution in [0.5, 0.6) is 0 Å². The highest BCUT2D eigenvalue weighted by Gasteiger charge is 2.54. The fourth-order valence-electron chi connectivity index (χ4n) is 5.04. The first-order chi connectivity index (χ1) is 12.1. The minimum atomic E-state index is -1.46. The second kappa shape index (κ2) is 6.92. The van der Waals surface area contributed by atoms with E-state index in [0.717, 1.165) is 29.9 Å². The molecule has 1 saturated heterocycles. The zero-order chi connectivity index (χ0) is 17.6. The molecular weight excluding hydrogens is 329 g/mol. The van der Waals surface area contributed by atoms with E-state index < -0.39 is 23.7 Å². The van der Waals surface area contributed by atoms with E-state index in [-0.39, 0.29) is 5.56 Å². The molecule has 0 N–H and O–H groups in total. The lowest BCUT2D eigenvalue weighted by atomic mass is 9.92. The Bertz CT molecular complexity index is 590. The number of hydrogen-bond acceptors (Lipinski definition) is 2. The van der Waals surface area contributed by atoms with E-state index in [1.165, 1.54) is 32.1 Å². The van der Waals surface area contributed by atoms with E-state index >= 15 is 0 Å². The number of fused-ring (bicyclic) bond motifs is 1. The SMILES string of the molecule is CCC1CCC2C(CC1)C2C1COC(c2cc(F)c(F)c(F)c2)OC1. The average molecular weight is 354 g/mol. The molecule has 3 aliphatic rings. The second-order valence-corrected chi connectivity index (χ2v) is 7.89. The van der Waals surface area contributed by atoms with E-state index in [2.05, 4.69) is 6.92 Å². The van der Waals surface area contributed by atoms with Gasteiger partial charge in [0.15, 0.2) is 23.7 Å². The largest absolute Gasteiger partial charge is 0.348 e. The summed E-state index contributed by atoms with van der Waals surface area (Å²) in [6, 6.07) is 1.91. The van der Waals surface area contributed by atoms with E-state index in [4.69, 9.17) is 9.47 Å². The summed E-state index contributed by atoms with van der Waals surface area (Å²) in [5.41, 5.74) is 0.200. The van der Waals surface area contributed by atoms with Crippen LogP contribution in [0, 0.1) is 47.0 Å². The third-order valence-corrected chi connectivity index (χ3v) is 6.54. The highest BCUT2D eigenvalue weighted by Crippen LogP contribution is 2.59. The van der Waals surface area contributed by atoms with Gasteiger partial charge in [0, 0.05) is 11.5 Å². The normalized spacial score (nSPS) is 38.1. The molecule has 138 valence electrons. The topological polar surface area (TPSA) is 18.5 Å². The van der Waals surface area contributed by atoms with Gasteiger partial charge >= 0.3 is 0 Å². The standard InChI is InChI=1S/C20H25F3O2/c1-2-11-3-5-14-15(6-4-11)18(14)13-9-24-20(25-10-13)12-7-16(21)19(23)17(22)8-12/h7-8,11,13-15,18,20H,2-6,9-10H2,1H3. The third-order valence-electron chi connectivity index (χ3n) is 6.54. The molecule has 2 atom stereocenters. The summed E-state index contributed by atoms with van der Waals surface area (Å²) in [7, 11) is 0. The minimum Gasteiger partial charge on any atom is -0.348 e. The number of rotatable bonds is 3. The van der Waals surface area contributed by atoms with Crippen molar-refractivity contribution in [2.75, 3.05) is 13.2 Å². The Morgan fingerprint density at radius 2 is 1.48 bits per heavy atom. The van der Waals surface area contributed by atoms with Crippen LogP contribution in [-0.4, -0.2) is 13.2 Å². The van der Waals surface area contributed by atoms with Crippen molar-refractivity contribution in [2.45, 2.75) is 45.3 Å². The Morgan fingerprint density at radius 1 is 0.920 bits per heavy atom. The van der Waals surface area contributed by atoms with Crippen molar-refractivity contribution in [1.29, 1.82) is 0 Å². The van der Waals surface area contributed by atoms with Crippen LogP contribution in [0.3, 0.4) is 0 Å². The van der Waals surface area contributed by atoms with Gasteiger partial charge in [0.2, 0.25) is 0 Å². The molecule has 1 aromatic carbocycles. The Kier molecular flexibility index (Phi) is 4.80. The summed E-state index contributed by atoms with van der Waals surface area (Å²) in [5, 5.41) is 0. The van der Waals surface area contributed by atoms with E-state index in [9.17, 15) is 13.2 Å². The van der Waals surface area contributed by atoms with Crippen molar-refractivity contribution < 1.29 is 22.6 Å². The predicted octanol–water partition coefficient (Wildman–Crippen LogP) is 5.23. The molecule has 3 fully saturated rings. The van der Waals surface area contributed by atoms with Crippen molar-refractivity contribution in [1.82, 2.24) is 0 Å². The van der Waals surface area contributed by atoms with Crippen LogP contribution in [0.15, 0.2) is 12.1 Å². The number of hydrogen-bond donors (Lipinski definition) is 0. The predicted molar refractivity (Wildman–Crippen MR) is 87.2 cm³/mol. The maximum Gasteiger partial charge on any atom is 0.194 e. The maximum atomic E-state index is 13.4. The van der Waals surface area contributed by atoms with Crippen LogP contribution in [0.2, 0.25) is 0 Å². The molecule has 2 aliphatic carbocycles. The minimum absolute atomic E-state index is 0.200. The Hall–Kier alpha value is -1.07. The molecule has 1 aliphatic heterocycles. The highest BCUT2D eigenvalue weighted by atomic mass is 19.2. The summed E-state index contributed by atoms with van der Waals surface area (Å²) in [4.78, 5) is 0. The first-order valence-electron chi connectivity index (χ1n) is 9.46. The average Bonchev–Trinajstić information content (AvgIpc) is 3.35. The van der Waals surface area contributed by atoms with Gasteiger partial charge in [-0.3, -0.25) is 0 Å². The van der Waals surface area contributed by atoms with E-state index in [1.54, 1.807) is 0 Å². The van der Waals surface area contributed by atoms with Gasteiger partial charge in [-0.25, -0.2) is 13.2 Å². The van der Waals surface area contributed by atoms with E-state index in [1.807, 2.05) is 0 Å². The lowest BCUT2D eigenvalue weighted by Crippen LogP contribution is -2.29. The van der Waals surface area contributed by atoms with Crippen LogP contribution in [-0.2, 0) is 9.47 Å². The third kappa shape index (κ3) is 3.33. The molecule has 4 rings (SSSR count). The molecule has 2 unspecified atom stereocenters. The summed E-state index contributed by atoms with van der Waals surface area (Å²) in [6.45, 7) is 3.36. The monoisotopic (exact) mass is 354 g/mol. The van der Waals surface area contributed by atoms with Crippen molar-refractivity contribution in [3.05, 3.63) is 35.1 Å². The van der Waals surface area contributed by atoms with Gasteiger partial charge in [-0.2, -0.15) is 0 Å². The van der Waals surface area contributed by atoms with Gasteiger partial charge in [-0.15, -0.1) is 0 Å². The van der Waals surface area contributed by atoms with Crippen molar-refractivity contribution in [3.63, 3.8) is 0 Å². The highest BCUT2D eigenvalue weighted by molar-refractivity contribution is 5.21. The van der Waals surface area contributed by atoms with Crippen molar-refractivity contribution >= 4 is 0 Å². The molecule has 0 aromatic heterocycles. The van der Waals surface area contributed by atoms with Gasteiger partial charge in [0.25, 0.3) is 0 Å². The smallest absolute Gasteiger partial charge is 0.194 e. The number of benzene rings is 1. The Morgan fingerprint density at radius 3 is 2.00 bits per heavy atom. The maximum absolute atomic E-state index is 13.4. The molecule has 0 amide bonds. The summed E-state index contributed by atoms with van der Waals surface area (Å²) >= 11 is 0. The lowest BCUT2D eigenvalue weighted by Gasteiger charge is -2.30. The van der Waals surface area contributed by atoms with Crippen LogP contribution >= 0.6 is 0 Å². The molecule has 2 nitrogen and oxygen atoms in total. The summed E-state index contributed by atoms with van der Waals surface area (Å²) < 4.78 is 51.3. The zero-order valence-electron chi connectivity index (χ0n) is 14.5.